The van der Waals surface area contributed by atoms with Gasteiger partial charge in [0.05, 0.1) is 17.6 Å². The number of rotatable bonds is 6. The summed E-state index contributed by atoms with van der Waals surface area (Å²) in [6, 6.07) is 14.5. The maximum Gasteiger partial charge on any atom is 0.347 e. The molecule has 0 unspecified atom stereocenters. The van der Waals surface area contributed by atoms with Crippen LogP contribution in [0.3, 0.4) is 0 Å². The normalized spacial score (nSPS) is 11.9. The predicted octanol–water partition coefficient (Wildman–Crippen LogP) is 4.64. The third kappa shape index (κ3) is 4.43. The fourth-order valence-electron chi connectivity index (χ4n) is 3.24. The molecule has 0 atom stereocenters. The molecule has 6 heteroatoms. The second-order valence-corrected chi connectivity index (χ2v) is 8.17. The number of aromatic carboxylic acids is 1. The summed E-state index contributed by atoms with van der Waals surface area (Å²) in [6.45, 7) is 8.28. The smallest absolute Gasteiger partial charge is 0.347 e. The molecule has 0 aliphatic rings. The van der Waals surface area contributed by atoms with Crippen molar-refractivity contribution in [2.24, 2.45) is 0 Å². The lowest BCUT2D eigenvalue weighted by Crippen LogP contribution is -2.35. The Kier molecular flexibility index (Phi) is 6.06. The highest BCUT2D eigenvalue weighted by Gasteiger charge is 2.21. The Morgan fingerprint density at radius 2 is 1.77 bits per heavy atom. The summed E-state index contributed by atoms with van der Waals surface area (Å²) in [4.78, 5) is 24.5. The number of aromatic nitrogens is 3. The Morgan fingerprint density at radius 3 is 2.37 bits per heavy atom. The van der Waals surface area contributed by atoms with Gasteiger partial charge in [-0.05, 0) is 56.0 Å². The van der Waals surface area contributed by atoms with E-state index in [9.17, 15) is 14.7 Å². The second-order valence-electron chi connectivity index (χ2n) is 8.17. The molecule has 3 aromatic rings. The van der Waals surface area contributed by atoms with Gasteiger partial charge in [0.25, 0.3) is 0 Å². The number of allylic oxidation sites excluding steroid dienone is 1. The van der Waals surface area contributed by atoms with Gasteiger partial charge in [0.15, 0.2) is 5.82 Å². The molecule has 1 N–H and O–H groups in total. The van der Waals surface area contributed by atoms with E-state index in [2.05, 4.69) is 5.10 Å². The van der Waals surface area contributed by atoms with Crippen LogP contribution < -0.4 is 5.69 Å². The first-order valence-corrected chi connectivity index (χ1v) is 10.0. The molecule has 156 valence electrons. The molecule has 1 heterocycles. The molecule has 0 saturated heterocycles. The third-order valence-corrected chi connectivity index (χ3v) is 4.79. The molecule has 3 rings (SSSR count). The minimum Gasteiger partial charge on any atom is -0.478 e. The SMILES string of the molecule is CCC=Cc1nn(C(C)(C)C)c(=O)n1Cc1ccc(-c2ccccc2C(=O)O)cc1. The number of hydrogen-bond donors (Lipinski definition) is 1. The molecule has 0 radical (unpaired) electrons. The van der Waals surface area contributed by atoms with Crippen molar-refractivity contribution in [1.82, 2.24) is 14.3 Å². The van der Waals surface area contributed by atoms with E-state index in [0.29, 0.717) is 17.9 Å². The fourth-order valence-corrected chi connectivity index (χ4v) is 3.24. The first kappa shape index (κ1) is 21.3. The lowest BCUT2D eigenvalue weighted by molar-refractivity contribution is 0.0697. The molecule has 30 heavy (non-hydrogen) atoms. The van der Waals surface area contributed by atoms with Crippen molar-refractivity contribution in [1.29, 1.82) is 0 Å². The van der Waals surface area contributed by atoms with Crippen LogP contribution in [-0.2, 0) is 12.1 Å². The fraction of sp³-hybridized carbons (Fsp3) is 0.292. The molecule has 0 amide bonds. The zero-order valence-electron chi connectivity index (χ0n) is 17.8. The molecular weight excluding hydrogens is 378 g/mol. The Bertz CT molecular complexity index is 1130. The second kappa shape index (κ2) is 8.53. The van der Waals surface area contributed by atoms with Crippen LogP contribution >= 0.6 is 0 Å². The maximum absolute atomic E-state index is 13.0. The van der Waals surface area contributed by atoms with Gasteiger partial charge < -0.3 is 5.11 Å². The average molecular weight is 405 g/mol. The van der Waals surface area contributed by atoms with Gasteiger partial charge in [0.1, 0.15) is 0 Å². The molecule has 6 nitrogen and oxygen atoms in total. The Morgan fingerprint density at radius 1 is 1.10 bits per heavy atom. The van der Waals surface area contributed by atoms with E-state index in [1.807, 2.05) is 70.2 Å². The lowest BCUT2D eigenvalue weighted by Gasteiger charge is -2.16. The topological polar surface area (TPSA) is 77.1 Å². The van der Waals surface area contributed by atoms with Gasteiger partial charge in [-0.15, -0.1) is 5.10 Å². The van der Waals surface area contributed by atoms with Crippen LogP contribution in [0.5, 0.6) is 0 Å². The highest BCUT2D eigenvalue weighted by atomic mass is 16.4. The zero-order chi connectivity index (χ0) is 21.9. The Labute approximate surface area is 176 Å². The van der Waals surface area contributed by atoms with E-state index >= 15 is 0 Å². The highest BCUT2D eigenvalue weighted by Crippen LogP contribution is 2.24. The average Bonchev–Trinajstić information content (AvgIpc) is 3.03. The summed E-state index contributed by atoms with van der Waals surface area (Å²) in [5.74, 6) is -0.333. The quantitative estimate of drug-likeness (QED) is 0.648. The summed E-state index contributed by atoms with van der Waals surface area (Å²) >= 11 is 0. The zero-order valence-corrected chi connectivity index (χ0v) is 17.8. The van der Waals surface area contributed by atoms with Crippen LogP contribution in [0, 0.1) is 0 Å². The van der Waals surface area contributed by atoms with Crippen LogP contribution in [0.15, 0.2) is 59.4 Å². The summed E-state index contributed by atoms with van der Waals surface area (Å²) < 4.78 is 3.18. The van der Waals surface area contributed by atoms with Crippen molar-refractivity contribution in [2.45, 2.75) is 46.2 Å². The summed E-state index contributed by atoms with van der Waals surface area (Å²) in [7, 11) is 0. The molecule has 0 aliphatic heterocycles. The molecule has 2 aromatic carbocycles. The van der Waals surface area contributed by atoms with Crippen LogP contribution in [0.25, 0.3) is 17.2 Å². The maximum atomic E-state index is 13.0. The number of hydrogen-bond acceptors (Lipinski definition) is 3. The number of benzene rings is 2. The van der Waals surface area contributed by atoms with Gasteiger partial charge in [0, 0.05) is 0 Å². The molecule has 0 saturated carbocycles. The standard InChI is InChI=1S/C24H27N3O3/c1-5-6-11-21-25-27(24(2,3)4)23(30)26(21)16-17-12-14-18(15-13-17)19-9-7-8-10-20(19)22(28)29/h6-15H,5,16H2,1-4H3,(H,28,29). The molecule has 0 fully saturated rings. The predicted molar refractivity (Wildman–Crippen MR) is 119 cm³/mol. The van der Waals surface area contributed by atoms with Crippen molar-refractivity contribution in [3.05, 3.63) is 82.0 Å². The van der Waals surface area contributed by atoms with Crippen molar-refractivity contribution in [3.63, 3.8) is 0 Å². The van der Waals surface area contributed by atoms with Gasteiger partial charge >= 0.3 is 11.7 Å². The van der Waals surface area contributed by atoms with Crippen LogP contribution in [0.1, 0.15) is 55.9 Å². The Balaban J connectivity index is 1.96. The van der Waals surface area contributed by atoms with Gasteiger partial charge in [-0.3, -0.25) is 4.57 Å². The van der Waals surface area contributed by atoms with Crippen molar-refractivity contribution >= 4 is 12.0 Å². The number of nitrogens with zero attached hydrogens (tertiary/aromatic N) is 3. The van der Waals surface area contributed by atoms with E-state index in [1.165, 1.54) is 4.68 Å². The summed E-state index contributed by atoms with van der Waals surface area (Å²) in [5.41, 5.74) is 2.12. The summed E-state index contributed by atoms with van der Waals surface area (Å²) in [6.07, 6.45) is 4.71. The number of carboxylic acids is 1. The minimum absolute atomic E-state index is 0.154. The largest absolute Gasteiger partial charge is 0.478 e. The Hall–Kier alpha value is -3.41. The summed E-state index contributed by atoms with van der Waals surface area (Å²) in [5, 5.41) is 13.9. The van der Waals surface area contributed by atoms with E-state index in [0.717, 1.165) is 17.5 Å². The van der Waals surface area contributed by atoms with Crippen LogP contribution in [-0.4, -0.2) is 25.4 Å². The van der Waals surface area contributed by atoms with Gasteiger partial charge in [-0.1, -0.05) is 55.5 Å². The van der Waals surface area contributed by atoms with Crippen LogP contribution in [0.2, 0.25) is 0 Å². The van der Waals surface area contributed by atoms with Gasteiger partial charge in [-0.2, -0.15) is 0 Å². The van der Waals surface area contributed by atoms with E-state index < -0.39 is 11.5 Å². The van der Waals surface area contributed by atoms with E-state index in [4.69, 9.17) is 0 Å². The third-order valence-electron chi connectivity index (χ3n) is 4.79. The van der Waals surface area contributed by atoms with Crippen molar-refractivity contribution in [3.8, 4) is 11.1 Å². The van der Waals surface area contributed by atoms with Crippen molar-refractivity contribution < 1.29 is 9.90 Å². The molecule has 0 aliphatic carbocycles. The van der Waals surface area contributed by atoms with Gasteiger partial charge in [-0.25, -0.2) is 14.3 Å². The lowest BCUT2D eigenvalue weighted by atomic mass is 9.99. The monoisotopic (exact) mass is 405 g/mol. The van der Waals surface area contributed by atoms with Gasteiger partial charge in [0.2, 0.25) is 0 Å². The molecule has 0 spiro atoms. The molecule has 0 bridgehead atoms. The van der Waals surface area contributed by atoms with E-state index in [1.54, 1.807) is 22.8 Å². The molecular formula is C24H27N3O3. The highest BCUT2D eigenvalue weighted by molar-refractivity contribution is 5.95. The van der Waals surface area contributed by atoms with Crippen molar-refractivity contribution in [2.75, 3.05) is 0 Å². The van der Waals surface area contributed by atoms with E-state index in [-0.39, 0.29) is 11.3 Å². The minimum atomic E-state index is -0.955. The number of carboxylic acid groups (broad SMARTS) is 1. The van der Waals surface area contributed by atoms with Crippen LogP contribution in [0.4, 0.5) is 0 Å². The number of carbonyl (C=O) groups is 1. The first-order valence-electron chi connectivity index (χ1n) is 10.0. The molecule has 1 aromatic heterocycles. The first-order chi connectivity index (χ1) is 14.2.